The lowest BCUT2D eigenvalue weighted by Crippen LogP contribution is -2.25. The van der Waals surface area contributed by atoms with Crippen molar-refractivity contribution >= 4 is 24.0 Å². The maximum Gasteiger partial charge on any atom is 0.220 e. The summed E-state index contributed by atoms with van der Waals surface area (Å²) in [6.07, 6.45) is 5.08. The van der Waals surface area contributed by atoms with Crippen LogP contribution >= 0.6 is 12.4 Å². The average molecular weight is 269 g/mol. The largest absolute Gasteiger partial charge is 0.399 e. The Morgan fingerprint density at radius 2 is 2.06 bits per heavy atom. The summed E-state index contributed by atoms with van der Waals surface area (Å²) in [6, 6.07) is 7.72. The van der Waals surface area contributed by atoms with E-state index in [4.69, 9.17) is 5.73 Å². The summed E-state index contributed by atoms with van der Waals surface area (Å²) in [7, 11) is 0. The predicted molar refractivity (Wildman–Crippen MR) is 76.8 cm³/mol. The fraction of sp³-hybridized carbons (Fsp3) is 0.500. The van der Waals surface area contributed by atoms with Crippen LogP contribution < -0.4 is 11.1 Å². The molecule has 1 aromatic rings. The number of carbonyl (C=O) groups excluding carboxylic acids is 1. The second-order valence-electron chi connectivity index (χ2n) is 4.78. The van der Waals surface area contributed by atoms with Gasteiger partial charge in [0.15, 0.2) is 0 Å². The van der Waals surface area contributed by atoms with E-state index in [1.165, 1.54) is 12.8 Å². The molecule has 0 saturated heterocycles. The first kappa shape index (κ1) is 14.8. The number of para-hydroxylation sites is 1. The lowest BCUT2D eigenvalue weighted by Gasteiger charge is -2.06. The molecule has 0 atom stereocenters. The van der Waals surface area contributed by atoms with Gasteiger partial charge >= 0.3 is 0 Å². The number of carbonyl (C=O) groups is 1. The minimum absolute atomic E-state index is 0. The molecule has 1 saturated carbocycles. The molecule has 0 radical (unpaired) electrons. The molecule has 2 rings (SSSR count). The van der Waals surface area contributed by atoms with E-state index < -0.39 is 0 Å². The monoisotopic (exact) mass is 268 g/mol. The number of anilines is 1. The van der Waals surface area contributed by atoms with Crippen molar-refractivity contribution in [1.29, 1.82) is 0 Å². The molecule has 0 aliphatic heterocycles. The van der Waals surface area contributed by atoms with Crippen LogP contribution in [-0.4, -0.2) is 12.5 Å². The number of halogens is 1. The van der Waals surface area contributed by atoms with Crippen molar-refractivity contribution in [1.82, 2.24) is 5.32 Å². The third kappa shape index (κ3) is 4.96. The lowest BCUT2D eigenvalue weighted by molar-refractivity contribution is -0.121. The summed E-state index contributed by atoms with van der Waals surface area (Å²) >= 11 is 0. The van der Waals surface area contributed by atoms with Gasteiger partial charge in [-0.3, -0.25) is 4.79 Å². The molecule has 1 aliphatic carbocycles. The summed E-state index contributed by atoms with van der Waals surface area (Å²) in [5.74, 6) is 1.01. The second-order valence-corrected chi connectivity index (χ2v) is 4.78. The van der Waals surface area contributed by atoms with Crippen LogP contribution in [0.4, 0.5) is 5.69 Å². The van der Waals surface area contributed by atoms with Crippen LogP contribution in [0, 0.1) is 5.92 Å². The molecular weight excluding hydrogens is 248 g/mol. The number of benzene rings is 1. The van der Waals surface area contributed by atoms with Gasteiger partial charge in [0.1, 0.15) is 0 Å². The van der Waals surface area contributed by atoms with E-state index in [0.717, 1.165) is 36.6 Å². The Balaban J connectivity index is 0.00000162. The first-order valence-corrected chi connectivity index (χ1v) is 6.36. The highest BCUT2D eigenvalue weighted by atomic mass is 35.5. The molecule has 3 N–H and O–H groups in total. The van der Waals surface area contributed by atoms with E-state index in [0.29, 0.717) is 6.42 Å². The fourth-order valence-electron chi connectivity index (χ4n) is 1.92. The van der Waals surface area contributed by atoms with Crippen molar-refractivity contribution < 1.29 is 4.79 Å². The number of nitrogens with one attached hydrogen (secondary N) is 1. The molecule has 3 nitrogen and oxygen atoms in total. The van der Waals surface area contributed by atoms with Crippen molar-refractivity contribution in [3.63, 3.8) is 0 Å². The molecule has 0 unspecified atom stereocenters. The molecule has 0 bridgehead atoms. The van der Waals surface area contributed by atoms with E-state index in [2.05, 4.69) is 5.32 Å². The Kier molecular flexibility index (Phi) is 5.99. The molecule has 18 heavy (non-hydrogen) atoms. The predicted octanol–water partition coefficient (Wildman–Crippen LogP) is 2.54. The highest BCUT2D eigenvalue weighted by molar-refractivity contribution is 5.85. The van der Waals surface area contributed by atoms with Crippen LogP contribution in [0.3, 0.4) is 0 Å². The number of hydrogen-bond acceptors (Lipinski definition) is 2. The van der Waals surface area contributed by atoms with E-state index in [1.54, 1.807) is 0 Å². The Morgan fingerprint density at radius 3 is 2.72 bits per heavy atom. The topological polar surface area (TPSA) is 55.1 Å². The Hall–Kier alpha value is -1.22. The number of hydrogen-bond donors (Lipinski definition) is 2. The second kappa shape index (κ2) is 7.27. The maximum absolute atomic E-state index is 11.6. The van der Waals surface area contributed by atoms with Gasteiger partial charge in [0, 0.05) is 18.7 Å². The van der Waals surface area contributed by atoms with Crippen molar-refractivity contribution in [2.45, 2.75) is 32.1 Å². The SMILES string of the molecule is Cl.Nc1ccccc1CCC(=O)NCCC1CC1. The number of rotatable bonds is 6. The van der Waals surface area contributed by atoms with Gasteiger partial charge < -0.3 is 11.1 Å². The van der Waals surface area contributed by atoms with E-state index in [-0.39, 0.29) is 18.3 Å². The molecule has 0 heterocycles. The summed E-state index contributed by atoms with van der Waals surface area (Å²) in [5, 5.41) is 2.96. The van der Waals surface area contributed by atoms with Gasteiger partial charge in [0.25, 0.3) is 0 Å². The molecule has 0 spiro atoms. The summed E-state index contributed by atoms with van der Waals surface area (Å²) in [6.45, 7) is 0.827. The number of nitrogens with two attached hydrogens (primary N) is 1. The number of aryl methyl sites for hydroxylation is 1. The zero-order valence-electron chi connectivity index (χ0n) is 10.5. The molecule has 4 heteroatoms. The van der Waals surface area contributed by atoms with Crippen LogP contribution in [0.15, 0.2) is 24.3 Å². The molecule has 1 aliphatic rings. The van der Waals surface area contributed by atoms with Gasteiger partial charge in [-0.05, 0) is 30.4 Å². The Labute approximate surface area is 115 Å². The van der Waals surface area contributed by atoms with Crippen LogP contribution in [-0.2, 0) is 11.2 Å². The van der Waals surface area contributed by atoms with Gasteiger partial charge in [0.2, 0.25) is 5.91 Å². The molecule has 100 valence electrons. The molecule has 1 amide bonds. The van der Waals surface area contributed by atoms with Crippen molar-refractivity contribution in [3.05, 3.63) is 29.8 Å². The molecule has 0 aromatic heterocycles. The smallest absolute Gasteiger partial charge is 0.220 e. The van der Waals surface area contributed by atoms with Crippen LogP contribution in [0.5, 0.6) is 0 Å². The lowest BCUT2D eigenvalue weighted by atomic mass is 10.1. The van der Waals surface area contributed by atoms with E-state index in [9.17, 15) is 4.79 Å². The summed E-state index contributed by atoms with van der Waals surface area (Å²) in [5.41, 5.74) is 7.66. The standard InChI is InChI=1S/C14H20N2O.ClH/c15-13-4-2-1-3-12(13)7-8-14(17)16-10-9-11-5-6-11;/h1-4,11H,5-10,15H2,(H,16,17);1H. The molecular formula is C14H21ClN2O. The van der Waals surface area contributed by atoms with Crippen LogP contribution in [0.25, 0.3) is 0 Å². The maximum atomic E-state index is 11.6. The van der Waals surface area contributed by atoms with Crippen molar-refractivity contribution in [2.24, 2.45) is 5.92 Å². The number of nitrogen functional groups attached to an aromatic ring is 1. The highest BCUT2D eigenvalue weighted by Crippen LogP contribution is 2.31. The average Bonchev–Trinajstić information content (AvgIpc) is 3.12. The summed E-state index contributed by atoms with van der Waals surface area (Å²) < 4.78 is 0. The summed E-state index contributed by atoms with van der Waals surface area (Å²) in [4.78, 5) is 11.6. The fourth-order valence-corrected chi connectivity index (χ4v) is 1.92. The number of amides is 1. The third-order valence-corrected chi connectivity index (χ3v) is 3.25. The zero-order valence-corrected chi connectivity index (χ0v) is 11.3. The van der Waals surface area contributed by atoms with Gasteiger partial charge in [-0.25, -0.2) is 0 Å². The first-order chi connectivity index (χ1) is 8.25. The normalized spacial score (nSPS) is 13.8. The van der Waals surface area contributed by atoms with Gasteiger partial charge in [0.05, 0.1) is 0 Å². The Morgan fingerprint density at radius 1 is 1.33 bits per heavy atom. The van der Waals surface area contributed by atoms with Gasteiger partial charge in [-0.1, -0.05) is 31.0 Å². The molecule has 1 fully saturated rings. The Bertz CT molecular complexity index is 391. The zero-order chi connectivity index (χ0) is 12.1. The third-order valence-electron chi connectivity index (χ3n) is 3.25. The quantitative estimate of drug-likeness (QED) is 0.779. The minimum atomic E-state index is 0. The first-order valence-electron chi connectivity index (χ1n) is 6.36. The minimum Gasteiger partial charge on any atom is -0.399 e. The van der Waals surface area contributed by atoms with E-state index >= 15 is 0 Å². The van der Waals surface area contributed by atoms with Gasteiger partial charge in [-0.15, -0.1) is 12.4 Å². The highest BCUT2D eigenvalue weighted by Gasteiger charge is 2.20. The molecule has 1 aromatic carbocycles. The van der Waals surface area contributed by atoms with Gasteiger partial charge in [-0.2, -0.15) is 0 Å². The van der Waals surface area contributed by atoms with E-state index in [1.807, 2.05) is 24.3 Å². The van der Waals surface area contributed by atoms with Crippen LogP contribution in [0.1, 0.15) is 31.2 Å². The van der Waals surface area contributed by atoms with Crippen molar-refractivity contribution in [2.75, 3.05) is 12.3 Å². The van der Waals surface area contributed by atoms with Crippen molar-refractivity contribution in [3.8, 4) is 0 Å². The van der Waals surface area contributed by atoms with Crippen LogP contribution in [0.2, 0.25) is 0 Å².